The topological polar surface area (TPSA) is 108 Å². The van der Waals surface area contributed by atoms with Crippen molar-refractivity contribution >= 4 is 11.8 Å². The molecule has 6 nitrogen and oxygen atoms in total. The summed E-state index contributed by atoms with van der Waals surface area (Å²) in [6.45, 7) is 0.844. The van der Waals surface area contributed by atoms with Crippen molar-refractivity contribution in [1.29, 1.82) is 5.26 Å². The van der Waals surface area contributed by atoms with Crippen LogP contribution in [0.2, 0.25) is 0 Å². The largest absolute Gasteiger partial charge is 0.366 e. The first-order chi connectivity index (χ1) is 13.6. The molecule has 1 heterocycles. The van der Waals surface area contributed by atoms with Crippen LogP contribution in [0.15, 0.2) is 48.5 Å². The summed E-state index contributed by atoms with van der Waals surface area (Å²) in [6, 6.07) is 16.4. The summed E-state index contributed by atoms with van der Waals surface area (Å²) in [7, 11) is 0. The molecule has 0 spiro atoms. The number of primary amides is 1. The van der Waals surface area contributed by atoms with Gasteiger partial charge < -0.3 is 16.4 Å². The van der Waals surface area contributed by atoms with E-state index in [-0.39, 0.29) is 11.9 Å². The van der Waals surface area contributed by atoms with Gasteiger partial charge in [0.1, 0.15) is 6.04 Å². The quantitative estimate of drug-likeness (QED) is 0.718. The number of hydrogen-bond acceptors (Lipinski definition) is 4. The van der Waals surface area contributed by atoms with E-state index in [2.05, 4.69) is 16.7 Å². The van der Waals surface area contributed by atoms with E-state index in [0.717, 1.165) is 42.5 Å². The number of carbonyl (C=O) groups is 2. The van der Waals surface area contributed by atoms with Crippen LogP contribution < -0.4 is 16.4 Å². The van der Waals surface area contributed by atoms with Crippen LogP contribution >= 0.6 is 0 Å². The van der Waals surface area contributed by atoms with Gasteiger partial charge in [0.05, 0.1) is 12.1 Å². The zero-order valence-electron chi connectivity index (χ0n) is 15.7. The maximum Gasteiger partial charge on any atom is 0.248 e. The Kier molecular flexibility index (Phi) is 6.41. The summed E-state index contributed by atoms with van der Waals surface area (Å²) in [4.78, 5) is 23.5. The molecule has 28 heavy (non-hydrogen) atoms. The lowest BCUT2D eigenvalue weighted by Gasteiger charge is -2.23. The predicted octanol–water partition coefficient (Wildman–Crippen LogP) is 2.15. The van der Waals surface area contributed by atoms with Gasteiger partial charge in [-0.05, 0) is 48.2 Å². The number of rotatable bonds is 6. The molecular formula is C22H24N4O2. The second-order valence-corrected chi connectivity index (χ2v) is 7.04. The summed E-state index contributed by atoms with van der Waals surface area (Å²) < 4.78 is 0. The molecule has 3 rings (SSSR count). The summed E-state index contributed by atoms with van der Waals surface area (Å²) in [6.07, 6.45) is 3.39. The Labute approximate surface area is 164 Å². The highest BCUT2D eigenvalue weighted by Crippen LogP contribution is 2.21. The fraction of sp³-hybridized carbons (Fsp3) is 0.318. The predicted molar refractivity (Wildman–Crippen MR) is 107 cm³/mol. The van der Waals surface area contributed by atoms with Crippen LogP contribution in [0.1, 0.15) is 35.2 Å². The molecule has 0 bridgehead atoms. The number of carbonyl (C=O) groups excluding carboxylic acids is 2. The minimum absolute atomic E-state index is 0.0996. The monoisotopic (exact) mass is 376 g/mol. The zero-order valence-corrected chi connectivity index (χ0v) is 15.7. The Bertz CT molecular complexity index is 863. The van der Waals surface area contributed by atoms with Gasteiger partial charge in [0.25, 0.3) is 0 Å². The minimum atomic E-state index is -0.558. The third-order valence-electron chi connectivity index (χ3n) is 5.00. The number of piperidine rings is 1. The van der Waals surface area contributed by atoms with Gasteiger partial charge in [-0.1, -0.05) is 42.8 Å². The molecule has 1 aliphatic rings. The Morgan fingerprint density at radius 1 is 1.11 bits per heavy atom. The number of amides is 2. The highest BCUT2D eigenvalue weighted by atomic mass is 16.2. The summed E-state index contributed by atoms with van der Waals surface area (Å²) >= 11 is 0. The first-order valence-corrected chi connectivity index (χ1v) is 9.49. The molecule has 0 aromatic heterocycles. The first kappa shape index (κ1) is 19.6. The van der Waals surface area contributed by atoms with Gasteiger partial charge in [-0.25, -0.2) is 0 Å². The van der Waals surface area contributed by atoms with E-state index in [1.807, 2.05) is 36.4 Å². The number of nitriles is 1. The van der Waals surface area contributed by atoms with Crippen molar-refractivity contribution in [3.8, 4) is 17.2 Å². The zero-order chi connectivity index (χ0) is 19.9. The van der Waals surface area contributed by atoms with Gasteiger partial charge >= 0.3 is 0 Å². The molecule has 1 unspecified atom stereocenters. The number of nitrogens with two attached hydrogens (primary N) is 1. The number of nitrogens with zero attached hydrogens (tertiary/aromatic N) is 1. The summed E-state index contributed by atoms with van der Waals surface area (Å²) in [5.74, 6) is -0.549. The molecule has 4 N–H and O–H groups in total. The SMILES string of the molecule is N#C[C@H](Cc1ccc(-c2ccc(C(N)=O)cc2)cc1)NC(=O)C1CCCCN1. The molecule has 0 saturated carbocycles. The fourth-order valence-corrected chi connectivity index (χ4v) is 3.37. The fourth-order valence-electron chi connectivity index (χ4n) is 3.37. The van der Waals surface area contributed by atoms with Crippen molar-refractivity contribution in [2.24, 2.45) is 5.73 Å². The van der Waals surface area contributed by atoms with Gasteiger partial charge in [0, 0.05) is 12.0 Å². The van der Waals surface area contributed by atoms with Crippen molar-refractivity contribution in [3.05, 3.63) is 59.7 Å². The third kappa shape index (κ3) is 4.96. The smallest absolute Gasteiger partial charge is 0.248 e. The standard InChI is InChI=1S/C22H24N4O2/c23-14-19(26-22(28)20-3-1-2-12-25-20)13-15-4-6-16(7-5-15)17-8-10-18(11-9-17)21(24)27/h4-11,19-20,25H,1-3,12-13H2,(H2,24,27)(H,26,28)/t19-,20?/m0/s1. The van der Waals surface area contributed by atoms with Crippen molar-refractivity contribution in [2.45, 2.75) is 37.8 Å². The first-order valence-electron chi connectivity index (χ1n) is 9.49. The maximum absolute atomic E-state index is 12.3. The van der Waals surface area contributed by atoms with Crippen LogP contribution in [0.4, 0.5) is 0 Å². The molecule has 1 fully saturated rings. The number of nitrogens with one attached hydrogen (secondary N) is 2. The van der Waals surface area contributed by atoms with Crippen molar-refractivity contribution in [1.82, 2.24) is 10.6 Å². The van der Waals surface area contributed by atoms with Gasteiger partial charge in [0.15, 0.2) is 0 Å². The minimum Gasteiger partial charge on any atom is -0.366 e. The molecule has 0 aliphatic carbocycles. The van der Waals surface area contributed by atoms with E-state index >= 15 is 0 Å². The van der Waals surface area contributed by atoms with Crippen LogP contribution in [-0.2, 0) is 11.2 Å². The van der Waals surface area contributed by atoms with Crippen LogP contribution in [0.5, 0.6) is 0 Å². The lowest BCUT2D eigenvalue weighted by Crippen LogP contribution is -2.49. The lowest BCUT2D eigenvalue weighted by molar-refractivity contribution is -0.124. The van der Waals surface area contributed by atoms with E-state index in [9.17, 15) is 14.9 Å². The maximum atomic E-state index is 12.3. The molecule has 6 heteroatoms. The van der Waals surface area contributed by atoms with Crippen LogP contribution in [0, 0.1) is 11.3 Å². The third-order valence-corrected chi connectivity index (χ3v) is 5.00. The molecule has 1 aliphatic heterocycles. The van der Waals surface area contributed by atoms with Crippen LogP contribution in [-0.4, -0.2) is 30.4 Å². The van der Waals surface area contributed by atoms with Crippen molar-refractivity contribution in [3.63, 3.8) is 0 Å². The van der Waals surface area contributed by atoms with E-state index in [1.54, 1.807) is 12.1 Å². The number of hydrogen-bond donors (Lipinski definition) is 3. The Morgan fingerprint density at radius 3 is 2.29 bits per heavy atom. The van der Waals surface area contributed by atoms with E-state index in [4.69, 9.17) is 5.73 Å². The second-order valence-electron chi connectivity index (χ2n) is 7.04. The normalized spacial score (nSPS) is 17.3. The number of benzene rings is 2. The molecule has 0 radical (unpaired) electrons. The van der Waals surface area contributed by atoms with Gasteiger partial charge in [-0.3, -0.25) is 9.59 Å². The molecule has 2 atom stereocenters. The summed E-state index contributed by atoms with van der Waals surface area (Å²) in [5.41, 5.74) is 8.69. The van der Waals surface area contributed by atoms with E-state index in [1.165, 1.54) is 0 Å². The molecule has 1 saturated heterocycles. The Morgan fingerprint density at radius 2 is 1.75 bits per heavy atom. The average molecular weight is 376 g/mol. The Hall–Kier alpha value is -3.17. The molecular weight excluding hydrogens is 352 g/mol. The molecule has 2 aromatic carbocycles. The van der Waals surface area contributed by atoms with Crippen molar-refractivity contribution < 1.29 is 9.59 Å². The highest BCUT2D eigenvalue weighted by molar-refractivity contribution is 5.93. The van der Waals surface area contributed by atoms with Gasteiger partial charge in [0.2, 0.25) is 11.8 Å². The van der Waals surface area contributed by atoms with Gasteiger partial charge in [-0.2, -0.15) is 5.26 Å². The van der Waals surface area contributed by atoms with E-state index < -0.39 is 11.9 Å². The van der Waals surface area contributed by atoms with E-state index in [0.29, 0.717) is 12.0 Å². The van der Waals surface area contributed by atoms with Crippen LogP contribution in [0.3, 0.4) is 0 Å². The molecule has 2 aromatic rings. The average Bonchev–Trinajstić information content (AvgIpc) is 2.74. The van der Waals surface area contributed by atoms with Crippen LogP contribution in [0.25, 0.3) is 11.1 Å². The Balaban J connectivity index is 1.61. The molecule has 2 amide bonds. The summed E-state index contributed by atoms with van der Waals surface area (Å²) in [5, 5.41) is 15.5. The van der Waals surface area contributed by atoms with Gasteiger partial charge in [-0.15, -0.1) is 0 Å². The second kappa shape index (κ2) is 9.16. The lowest BCUT2D eigenvalue weighted by atomic mass is 9.99. The van der Waals surface area contributed by atoms with Crippen molar-refractivity contribution in [2.75, 3.05) is 6.54 Å². The highest BCUT2D eigenvalue weighted by Gasteiger charge is 2.22. The molecule has 144 valence electrons.